The second kappa shape index (κ2) is 12.9. The van der Waals surface area contributed by atoms with Crippen LogP contribution in [0.3, 0.4) is 0 Å². The number of aromatic carboxylic acids is 1. The highest BCUT2D eigenvalue weighted by Gasteiger charge is 2.18. The van der Waals surface area contributed by atoms with Crippen molar-refractivity contribution in [3.63, 3.8) is 0 Å². The number of hydrogen-bond donors (Lipinski definition) is 2. The van der Waals surface area contributed by atoms with Crippen LogP contribution in [0.4, 0.5) is 4.39 Å². The average molecular weight is 437 g/mol. The van der Waals surface area contributed by atoms with Crippen molar-refractivity contribution in [2.45, 2.75) is 26.3 Å². The molecule has 0 saturated carbocycles. The molecule has 0 aliphatic carbocycles. The van der Waals surface area contributed by atoms with Gasteiger partial charge < -0.3 is 24.7 Å². The van der Waals surface area contributed by atoms with Crippen LogP contribution in [-0.2, 0) is 0 Å². The Labute approximate surface area is 183 Å². The van der Waals surface area contributed by atoms with Crippen LogP contribution in [0.2, 0.25) is 0 Å². The fourth-order valence-electron chi connectivity index (χ4n) is 2.43. The van der Waals surface area contributed by atoms with Crippen LogP contribution in [0, 0.1) is 12.7 Å². The van der Waals surface area contributed by atoms with Gasteiger partial charge in [0.2, 0.25) is 0 Å². The van der Waals surface area contributed by atoms with Gasteiger partial charge in [-0.1, -0.05) is 6.07 Å². The standard InChI is InChI=1S/C17H20FN3O3.C5H13NO/c1-11-9-12(18)5-6-13(11)14-10-19-17(20-15(14)16(22)23)24-8-4-7-21(2)3;1-5(4-7)6(2)3/h5-6,9-10H,4,7-8H2,1-3H3,(H,22,23);5,7H,4H2,1-3H3. The second-order valence-electron chi connectivity index (χ2n) is 7.68. The van der Waals surface area contributed by atoms with E-state index in [0.29, 0.717) is 29.3 Å². The lowest BCUT2D eigenvalue weighted by Crippen LogP contribution is -2.27. The number of carboxylic acid groups (broad SMARTS) is 1. The van der Waals surface area contributed by atoms with E-state index in [2.05, 4.69) is 9.97 Å². The molecule has 172 valence electrons. The molecule has 0 aliphatic heterocycles. The van der Waals surface area contributed by atoms with E-state index in [1.807, 2.05) is 44.9 Å². The summed E-state index contributed by atoms with van der Waals surface area (Å²) in [6, 6.07) is 4.45. The number of likely N-dealkylation sites (N-methyl/N-ethyl adjacent to an activating group) is 1. The molecule has 2 aromatic rings. The summed E-state index contributed by atoms with van der Waals surface area (Å²) >= 11 is 0. The Balaban J connectivity index is 0.000000592. The van der Waals surface area contributed by atoms with Gasteiger partial charge in [0.15, 0.2) is 5.69 Å². The number of aliphatic hydroxyl groups is 1. The molecule has 1 heterocycles. The third-order valence-electron chi connectivity index (χ3n) is 4.57. The summed E-state index contributed by atoms with van der Waals surface area (Å²) in [5, 5.41) is 17.9. The first-order valence-electron chi connectivity index (χ1n) is 9.98. The van der Waals surface area contributed by atoms with Crippen molar-refractivity contribution in [1.29, 1.82) is 0 Å². The lowest BCUT2D eigenvalue weighted by molar-refractivity contribution is 0.0689. The van der Waals surface area contributed by atoms with Gasteiger partial charge in [0.05, 0.1) is 13.2 Å². The molecule has 31 heavy (non-hydrogen) atoms. The smallest absolute Gasteiger partial charge is 0.355 e. The third-order valence-corrected chi connectivity index (χ3v) is 4.57. The van der Waals surface area contributed by atoms with Crippen LogP contribution in [0.25, 0.3) is 11.1 Å². The van der Waals surface area contributed by atoms with Crippen LogP contribution in [0.1, 0.15) is 29.4 Å². The van der Waals surface area contributed by atoms with Crippen LogP contribution in [0.5, 0.6) is 6.01 Å². The van der Waals surface area contributed by atoms with Gasteiger partial charge in [0, 0.05) is 24.3 Å². The van der Waals surface area contributed by atoms with Crippen molar-refractivity contribution in [1.82, 2.24) is 19.8 Å². The Morgan fingerprint density at radius 2 is 1.90 bits per heavy atom. The minimum absolute atomic E-state index is 0.0228. The Morgan fingerprint density at radius 3 is 2.39 bits per heavy atom. The van der Waals surface area contributed by atoms with E-state index in [1.54, 1.807) is 6.92 Å². The molecule has 0 aliphatic rings. The number of aliphatic hydroxyl groups excluding tert-OH is 1. The lowest BCUT2D eigenvalue weighted by atomic mass is 10.0. The number of ether oxygens (including phenoxy) is 1. The molecule has 8 nitrogen and oxygen atoms in total. The highest BCUT2D eigenvalue weighted by atomic mass is 19.1. The molecule has 1 aromatic carbocycles. The quantitative estimate of drug-likeness (QED) is 0.579. The zero-order chi connectivity index (χ0) is 23.6. The summed E-state index contributed by atoms with van der Waals surface area (Å²) < 4.78 is 18.7. The van der Waals surface area contributed by atoms with E-state index in [0.717, 1.165) is 13.0 Å². The van der Waals surface area contributed by atoms with Crippen molar-refractivity contribution in [2.24, 2.45) is 0 Å². The van der Waals surface area contributed by atoms with E-state index in [4.69, 9.17) is 9.84 Å². The monoisotopic (exact) mass is 436 g/mol. The van der Waals surface area contributed by atoms with Gasteiger partial charge in [-0.2, -0.15) is 4.98 Å². The molecule has 0 fully saturated rings. The molecule has 2 N–H and O–H groups in total. The van der Waals surface area contributed by atoms with Gasteiger partial charge in [-0.05, 0) is 71.7 Å². The molecule has 1 unspecified atom stereocenters. The number of carboxylic acids is 1. The van der Waals surface area contributed by atoms with Crippen molar-refractivity contribution in [3.8, 4) is 17.1 Å². The summed E-state index contributed by atoms with van der Waals surface area (Å²) in [4.78, 5) is 23.6. The van der Waals surface area contributed by atoms with Crippen LogP contribution in [0.15, 0.2) is 24.4 Å². The topological polar surface area (TPSA) is 99.0 Å². The molecule has 0 spiro atoms. The van der Waals surface area contributed by atoms with E-state index < -0.39 is 5.97 Å². The van der Waals surface area contributed by atoms with E-state index >= 15 is 0 Å². The van der Waals surface area contributed by atoms with Gasteiger partial charge in [-0.15, -0.1) is 0 Å². The molecule has 1 atom stereocenters. The molecular weight excluding hydrogens is 403 g/mol. The number of carbonyl (C=O) groups is 1. The summed E-state index contributed by atoms with van der Waals surface area (Å²) in [6.45, 7) is 5.16. The molecule has 2 rings (SSSR count). The van der Waals surface area contributed by atoms with Gasteiger partial charge in [0.1, 0.15) is 5.82 Å². The Kier molecular flexibility index (Phi) is 11.0. The molecule has 0 saturated heterocycles. The fraction of sp³-hybridized carbons (Fsp3) is 0.500. The number of aryl methyl sites for hydroxylation is 1. The van der Waals surface area contributed by atoms with Crippen LogP contribution >= 0.6 is 0 Å². The number of hydrogen-bond acceptors (Lipinski definition) is 7. The highest BCUT2D eigenvalue weighted by molar-refractivity contribution is 5.94. The molecule has 9 heteroatoms. The number of rotatable bonds is 9. The van der Waals surface area contributed by atoms with Gasteiger partial charge in [0.25, 0.3) is 0 Å². The first-order valence-corrected chi connectivity index (χ1v) is 9.98. The minimum Gasteiger partial charge on any atom is -0.476 e. The summed E-state index contributed by atoms with van der Waals surface area (Å²) in [6.07, 6.45) is 2.18. The zero-order valence-corrected chi connectivity index (χ0v) is 19.1. The van der Waals surface area contributed by atoms with E-state index in [-0.39, 0.29) is 24.1 Å². The van der Waals surface area contributed by atoms with Gasteiger partial charge >= 0.3 is 12.0 Å². The van der Waals surface area contributed by atoms with Crippen molar-refractivity contribution < 1.29 is 24.1 Å². The largest absolute Gasteiger partial charge is 0.476 e. The SMILES string of the molecule is CC(CO)N(C)C.Cc1cc(F)ccc1-c1cnc(OCCCN(C)C)nc1C(=O)O. The number of nitrogens with zero attached hydrogens (tertiary/aromatic N) is 4. The Hall–Kier alpha value is -2.62. The van der Waals surface area contributed by atoms with Crippen molar-refractivity contribution >= 4 is 5.97 Å². The lowest BCUT2D eigenvalue weighted by Gasteiger charge is -2.15. The van der Waals surface area contributed by atoms with Gasteiger partial charge in [-0.25, -0.2) is 14.2 Å². The Bertz CT molecular complexity index is 846. The maximum Gasteiger partial charge on any atom is 0.355 e. The minimum atomic E-state index is -1.19. The van der Waals surface area contributed by atoms with Crippen molar-refractivity contribution in [2.75, 3.05) is 47.9 Å². The first kappa shape index (κ1) is 26.4. The molecule has 0 amide bonds. The van der Waals surface area contributed by atoms with E-state index in [1.165, 1.54) is 24.4 Å². The summed E-state index contributed by atoms with van der Waals surface area (Å²) in [7, 11) is 7.81. The number of aromatic nitrogens is 2. The third kappa shape index (κ3) is 8.95. The second-order valence-corrected chi connectivity index (χ2v) is 7.68. The maximum atomic E-state index is 13.2. The predicted molar refractivity (Wildman–Crippen MR) is 118 cm³/mol. The number of halogens is 1. The van der Waals surface area contributed by atoms with Crippen LogP contribution < -0.4 is 4.74 Å². The predicted octanol–water partition coefficient (Wildman–Crippen LogP) is 2.55. The summed E-state index contributed by atoms with van der Waals surface area (Å²) in [5.41, 5.74) is 1.36. The molecular formula is C22H33FN4O4. The molecule has 1 aromatic heterocycles. The molecule has 0 radical (unpaired) electrons. The first-order chi connectivity index (χ1) is 14.6. The zero-order valence-electron chi connectivity index (χ0n) is 19.1. The number of benzene rings is 1. The summed E-state index contributed by atoms with van der Waals surface area (Å²) in [5.74, 6) is -1.57. The van der Waals surface area contributed by atoms with Crippen molar-refractivity contribution in [3.05, 3.63) is 41.5 Å². The average Bonchev–Trinajstić information content (AvgIpc) is 2.71. The fourth-order valence-corrected chi connectivity index (χ4v) is 2.43. The normalized spacial score (nSPS) is 11.8. The van der Waals surface area contributed by atoms with Crippen LogP contribution in [-0.4, -0.2) is 89.9 Å². The van der Waals surface area contributed by atoms with Gasteiger partial charge in [-0.3, -0.25) is 0 Å². The molecule has 0 bridgehead atoms. The maximum absolute atomic E-state index is 13.2. The highest BCUT2D eigenvalue weighted by Crippen LogP contribution is 2.27. The Morgan fingerprint density at radius 1 is 1.23 bits per heavy atom. The van der Waals surface area contributed by atoms with E-state index in [9.17, 15) is 14.3 Å².